The van der Waals surface area contributed by atoms with Crippen LogP contribution in [0.5, 0.6) is 0 Å². The Balaban J connectivity index is 2.65. The summed E-state index contributed by atoms with van der Waals surface area (Å²) >= 11 is 1.11. The van der Waals surface area contributed by atoms with Crippen molar-refractivity contribution in [2.75, 3.05) is 5.75 Å². The van der Waals surface area contributed by atoms with Crippen molar-refractivity contribution in [2.24, 2.45) is 0 Å². The lowest BCUT2D eigenvalue weighted by Gasteiger charge is -2.27. The highest BCUT2D eigenvalue weighted by Gasteiger charge is 2.43. The van der Waals surface area contributed by atoms with Crippen LogP contribution < -0.4 is 5.32 Å². The summed E-state index contributed by atoms with van der Waals surface area (Å²) in [6.07, 6.45) is 0. The Bertz CT molecular complexity index is 272. The molecule has 0 aromatic carbocycles. The molecule has 5 heteroatoms. The van der Waals surface area contributed by atoms with Gasteiger partial charge in [0.2, 0.25) is 0 Å². The Morgan fingerprint density at radius 2 is 2.14 bits per heavy atom. The molecule has 1 aliphatic heterocycles. The topological polar surface area (TPSA) is 55.4 Å². The SMILES string of the molecule is CC(C)(C)OC(=O)C1(C)CSC(=O)N1. The smallest absolute Gasteiger partial charge is 0.332 e. The van der Waals surface area contributed by atoms with Crippen LogP contribution in [0.2, 0.25) is 0 Å². The molecule has 80 valence electrons. The van der Waals surface area contributed by atoms with Gasteiger partial charge < -0.3 is 10.1 Å². The van der Waals surface area contributed by atoms with E-state index >= 15 is 0 Å². The maximum Gasteiger partial charge on any atom is 0.332 e. The molecule has 1 N–H and O–H groups in total. The van der Waals surface area contributed by atoms with Gasteiger partial charge in [-0.3, -0.25) is 4.79 Å². The number of carbonyl (C=O) groups is 2. The predicted molar refractivity (Wildman–Crippen MR) is 55.2 cm³/mol. The van der Waals surface area contributed by atoms with Crippen molar-refractivity contribution in [3.8, 4) is 0 Å². The number of rotatable bonds is 1. The van der Waals surface area contributed by atoms with Crippen LogP contribution in [0.15, 0.2) is 0 Å². The lowest BCUT2D eigenvalue weighted by atomic mass is 10.1. The summed E-state index contributed by atoms with van der Waals surface area (Å²) in [5.74, 6) is 0.0594. The second kappa shape index (κ2) is 3.46. The first kappa shape index (κ1) is 11.4. The van der Waals surface area contributed by atoms with Crippen LogP contribution in [-0.2, 0) is 9.53 Å². The lowest BCUT2D eigenvalue weighted by Crippen LogP contribution is -2.50. The van der Waals surface area contributed by atoms with Crippen LogP contribution in [0.25, 0.3) is 0 Å². The van der Waals surface area contributed by atoms with E-state index in [0.717, 1.165) is 11.8 Å². The van der Waals surface area contributed by atoms with Crippen molar-refractivity contribution < 1.29 is 14.3 Å². The molecule has 1 aliphatic rings. The number of amides is 1. The van der Waals surface area contributed by atoms with Crippen LogP contribution >= 0.6 is 11.8 Å². The van der Waals surface area contributed by atoms with Crippen molar-refractivity contribution in [3.05, 3.63) is 0 Å². The molecule has 14 heavy (non-hydrogen) atoms. The van der Waals surface area contributed by atoms with Crippen molar-refractivity contribution in [1.29, 1.82) is 0 Å². The fourth-order valence-corrected chi connectivity index (χ4v) is 1.92. The highest BCUT2D eigenvalue weighted by atomic mass is 32.2. The summed E-state index contributed by atoms with van der Waals surface area (Å²) in [6, 6.07) is 0. The summed E-state index contributed by atoms with van der Waals surface area (Å²) in [6.45, 7) is 7.09. The number of carbonyl (C=O) groups excluding carboxylic acids is 2. The Morgan fingerprint density at radius 1 is 1.57 bits per heavy atom. The second-order valence-electron chi connectivity index (χ2n) is 4.54. The highest BCUT2D eigenvalue weighted by Crippen LogP contribution is 2.25. The zero-order valence-corrected chi connectivity index (χ0v) is 9.66. The van der Waals surface area contributed by atoms with E-state index in [2.05, 4.69) is 5.32 Å². The van der Waals surface area contributed by atoms with E-state index in [0.29, 0.717) is 5.75 Å². The number of hydrogen-bond donors (Lipinski definition) is 1. The Hall–Kier alpha value is -0.710. The first-order valence-corrected chi connectivity index (χ1v) is 5.40. The third-order valence-electron chi connectivity index (χ3n) is 1.72. The Morgan fingerprint density at radius 3 is 2.50 bits per heavy atom. The van der Waals surface area contributed by atoms with Gasteiger partial charge in [0.05, 0.1) is 0 Å². The second-order valence-corrected chi connectivity index (χ2v) is 5.48. The van der Waals surface area contributed by atoms with Crippen LogP contribution in [0.1, 0.15) is 27.7 Å². The van der Waals surface area contributed by atoms with E-state index < -0.39 is 11.1 Å². The molecule has 0 bridgehead atoms. The number of hydrogen-bond acceptors (Lipinski definition) is 4. The molecule has 4 nitrogen and oxygen atoms in total. The van der Waals surface area contributed by atoms with Gasteiger partial charge in [0.1, 0.15) is 11.1 Å². The number of nitrogens with one attached hydrogen (secondary N) is 1. The molecule has 0 aliphatic carbocycles. The van der Waals surface area contributed by atoms with Crippen molar-refractivity contribution >= 4 is 23.0 Å². The summed E-state index contributed by atoms with van der Waals surface area (Å²) in [7, 11) is 0. The molecule has 1 rings (SSSR count). The molecular formula is C9H15NO3S. The predicted octanol–water partition coefficient (Wildman–Crippen LogP) is 1.54. The number of thioether (sulfide) groups is 1. The van der Waals surface area contributed by atoms with Crippen LogP contribution in [-0.4, -0.2) is 28.1 Å². The molecule has 0 aromatic rings. The molecule has 1 fully saturated rings. The van der Waals surface area contributed by atoms with Crippen LogP contribution in [0.4, 0.5) is 4.79 Å². The molecule has 0 aromatic heterocycles. The van der Waals surface area contributed by atoms with Crippen molar-refractivity contribution in [2.45, 2.75) is 38.8 Å². The van der Waals surface area contributed by atoms with Gasteiger partial charge in [-0.05, 0) is 27.7 Å². The van der Waals surface area contributed by atoms with E-state index in [1.54, 1.807) is 27.7 Å². The Kier molecular flexibility index (Phi) is 2.81. The van der Waals surface area contributed by atoms with Gasteiger partial charge in [-0.25, -0.2) is 4.79 Å². The third kappa shape index (κ3) is 2.64. The monoisotopic (exact) mass is 217 g/mol. The number of esters is 1. The number of ether oxygens (including phenoxy) is 1. The first-order chi connectivity index (χ1) is 6.23. The lowest BCUT2D eigenvalue weighted by molar-refractivity contribution is -0.160. The zero-order valence-electron chi connectivity index (χ0n) is 8.84. The zero-order chi connectivity index (χ0) is 11.0. The average molecular weight is 217 g/mol. The molecule has 0 saturated carbocycles. The standard InChI is InChI=1S/C9H15NO3S/c1-8(2,3)13-6(11)9(4)5-14-7(12)10-9/h5H2,1-4H3,(H,10,12). The molecule has 1 heterocycles. The minimum Gasteiger partial charge on any atom is -0.458 e. The van der Waals surface area contributed by atoms with Gasteiger partial charge in [0.25, 0.3) is 5.24 Å². The van der Waals surface area contributed by atoms with E-state index in [4.69, 9.17) is 4.74 Å². The fourth-order valence-electron chi connectivity index (χ4n) is 1.01. The molecule has 1 saturated heterocycles. The Labute approximate surface area is 87.8 Å². The average Bonchev–Trinajstić information content (AvgIpc) is 2.29. The van der Waals surface area contributed by atoms with E-state index in [9.17, 15) is 9.59 Å². The minimum atomic E-state index is -0.866. The normalized spacial score (nSPS) is 27.3. The summed E-state index contributed by atoms with van der Waals surface area (Å²) in [4.78, 5) is 22.7. The molecule has 1 unspecified atom stereocenters. The van der Waals surface area contributed by atoms with Crippen molar-refractivity contribution in [1.82, 2.24) is 5.32 Å². The van der Waals surface area contributed by atoms with Gasteiger partial charge >= 0.3 is 5.97 Å². The van der Waals surface area contributed by atoms with Gasteiger partial charge in [-0.1, -0.05) is 11.8 Å². The highest BCUT2D eigenvalue weighted by molar-refractivity contribution is 8.14. The molecule has 1 amide bonds. The van der Waals surface area contributed by atoms with Gasteiger partial charge in [-0.15, -0.1) is 0 Å². The van der Waals surface area contributed by atoms with E-state index in [-0.39, 0.29) is 11.2 Å². The molecule has 1 atom stereocenters. The van der Waals surface area contributed by atoms with Gasteiger partial charge in [-0.2, -0.15) is 0 Å². The molecule has 0 radical (unpaired) electrons. The molecule has 0 spiro atoms. The van der Waals surface area contributed by atoms with Gasteiger partial charge in [0, 0.05) is 5.75 Å². The van der Waals surface area contributed by atoms with Gasteiger partial charge in [0.15, 0.2) is 0 Å². The third-order valence-corrected chi connectivity index (χ3v) is 2.81. The fraction of sp³-hybridized carbons (Fsp3) is 0.778. The summed E-state index contributed by atoms with van der Waals surface area (Å²) < 4.78 is 5.21. The quantitative estimate of drug-likeness (QED) is 0.677. The summed E-state index contributed by atoms with van der Waals surface area (Å²) in [5.41, 5.74) is -1.38. The summed E-state index contributed by atoms with van der Waals surface area (Å²) in [5, 5.41) is 2.43. The maximum absolute atomic E-state index is 11.7. The van der Waals surface area contributed by atoms with Crippen LogP contribution in [0.3, 0.4) is 0 Å². The van der Waals surface area contributed by atoms with E-state index in [1.807, 2.05) is 0 Å². The molecular weight excluding hydrogens is 202 g/mol. The van der Waals surface area contributed by atoms with E-state index in [1.165, 1.54) is 0 Å². The van der Waals surface area contributed by atoms with Crippen LogP contribution in [0, 0.1) is 0 Å². The first-order valence-electron chi connectivity index (χ1n) is 4.41. The maximum atomic E-state index is 11.7. The largest absolute Gasteiger partial charge is 0.458 e. The van der Waals surface area contributed by atoms with Crippen molar-refractivity contribution in [3.63, 3.8) is 0 Å². The minimum absolute atomic E-state index is 0.168.